The fraction of sp³-hybridized carbons (Fsp3) is 0.636. The van der Waals surface area contributed by atoms with Crippen molar-refractivity contribution in [3.8, 4) is 0 Å². The number of carbonyl (C=O) groups is 2. The normalized spacial score (nSPS) is 16.7. The molecule has 1 fully saturated rings. The van der Waals surface area contributed by atoms with Crippen molar-refractivity contribution in [2.45, 2.75) is 58.9 Å². The Labute approximate surface area is 163 Å². The molecule has 5 heteroatoms. The molecule has 1 N–H and O–H groups in total. The number of carbonyl (C=O) groups excluding carboxylic acids is 1. The summed E-state index contributed by atoms with van der Waals surface area (Å²) in [7, 11) is 0. The summed E-state index contributed by atoms with van der Waals surface area (Å²) in [5, 5.41) is 9.05. The first-order valence-corrected chi connectivity index (χ1v) is 10.1. The molecule has 5 nitrogen and oxygen atoms in total. The van der Waals surface area contributed by atoms with Crippen LogP contribution >= 0.6 is 0 Å². The fourth-order valence-corrected chi connectivity index (χ4v) is 3.95. The highest BCUT2D eigenvalue weighted by Gasteiger charge is 2.29. The second-order valence-electron chi connectivity index (χ2n) is 8.07. The Balaban J connectivity index is 1.91. The molecule has 0 aliphatic carbocycles. The lowest BCUT2D eigenvalue weighted by atomic mass is 9.94. The third-order valence-corrected chi connectivity index (χ3v) is 5.53. The molecule has 1 aliphatic heterocycles. The van der Waals surface area contributed by atoms with E-state index in [1.807, 2.05) is 23.6 Å². The molecule has 27 heavy (non-hydrogen) atoms. The smallest absolute Gasteiger partial charge is 0.317 e. The van der Waals surface area contributed by atoms with Crippen LogP contribution in [0.4, 0.5) is 0 Å². The predicted molar refractivity (Wildman–Crippen MR) is 108 cm³/mol. The molecule has 0 aromatic heterocycles. The van der Waals surface area contributed by atoms with Crippen LogP contribution in [0.1, 0.15) is 57.6 Å². The zero-order chi connectivity index (χ0) is 20.0. The first kappa shape index (κ1) is 21.4. The van der Waals surface area contributed by atoms with Crippen LogP contribution in [0.15, 0.2) is 24.3 Å². The molecule has 2 rings (SSSR count). The van der Waals surface area contributed by atoms with E-state index in [4.69, 9.17) is 5.11 Å². The van der Waals surface area contributed by atoms with Crippen molar-refractivity contribution in [1.29, 1.82) is 0 Å². The summed E-state index contributed by atoms with van der Waals surface area (Å²) in [6, 6.07) is 8.69. The molecule has 0 radical (unpaired) electrons. The van der Waals surface area contributed by atoms with Crippen LogP contribution in [0, 0.1) is 5.92 Å². The number of benzene rings is 1. The van der Waals surface area contributed by atoms with E-state index in [2.05, 4.69) is 38.1 Å². The van der Waals surface area contributed by atoms with Crippen molar-refractivity contribution in [3.63, 3.8) is 0 Å². The lowest BCUT2D eigenvalue weighted by Crippen LogP contribution is -2.48. The minimum Gasteiger partial charge on any atom is -0.480 e. The minimum atomic E-state index is -0.787. The number of hydrogen-bond acceptors (Lipinski definition) is 3. The molecule has 0 spiro atoms. The van der Waals surface area contributed by atoms with E-state index in [-0.39, 0.29) is 24.4 Å². The van der Waals surface area contributed by atoms with E-state index in [0.717, 1.165) is 31.4 Å². The molecular formula is C22H34N2O3. The maximum Gasteiger partial charge on any atom is 0.317 e. The van der Waals surface area contributed by atoms with Gasteiger partial charge in [-0.05, 0) is 49.8 Å². The molecule has 1 aromatic rings. The summed E-state index contributed by atoms with van der Waals surface area (Å²) in [6.07, 6.45) is 2.74. The average Bonchev–Trinajstić information content (AvgIpc) is 2.65. The topological polar surface area (TPSA) is 60.9 Å². The van der Waals surface area contributed by atoms with Crippen molar-refractivity contribution in [3.05, 3.63) is 35.4 Å². The van der Waals surface area contributed by atoms with E-state index in [0.29, 0.717) is 19.0 Å². The van der Waals surface area contributed by atoms with Gasteiger partial charge in [-0.25, -0.2) is 0 Å². The third-order valence-electron chi connectivity index (χ3n) is 5.53. The summed E-state index contributed by atoms with van der Waals surface area (Å²) in [4.78, 5) is 27.9. The molecule has 0 bridgehead atoms. The number of likely N-dealkylation sites (N-methyl/N-ethyl adjacent to an activating group) is 1. The van der Waals surface area contributed by atoms with E-state index in [1.165, 1.54) is 5.56 Å². The molecular weight excluding hydrogens is 340 g/mol. The highest BCUT2D eigenvalue weighted by atomic mass is 16.4. The second-order valence-corrected chi connectivity index (χ2v) is 8.07. The molecule has 1 saturated heterocycles. The molecule has 1 aromatic carbocycles. The molecule has 1 heterocycles. The van der Waals surface area contributed by atoms with E-state index < -0.39 is 5.97 Å². The number of piperidine rings is 1. The standard InChI is InChI=1S/C22H34N2O3/c1-5-23(15-21(25)26)20-10-12-24(13-11-20)22(27)17(4)19-8-6-18(7-9-19)14-16(2)3/h6-9,16-17,20H,5,10-15H2,1-4H3,(H,25,26)/t17-/m0/s1. The first-order chi connectivity index (χ1) is 12.8. The maximum atomic E-state index is 12.9. The van der Waals surface area contributed by atoms with Crippen molar-refractivity contribution < 1.29 is 14.7 Å². The summed E-state index contributed by atoms with van der Waals surface area (Å²) in [6.45, 7) is 10.6. The summed E-state index contributed by atoms with van der Waals surface area (Å²) >= 11 is 0. The Bertz CT molecular complexity index is 619. The van der Waals surface area contributed by atoms with Gasteiger partial charge >= 0.3 is 5.97 Å². The van der Waals surface area contributed by atoms with Gasteiger partial charge in [-0.2, -0.15) is 0 Å². The van der Waals surface area contributed by atoms with Crippen LogP contribution in [0.2, 0.25) is 0 Å². The predicted octanol–water partition coefficient (Wildman–Crippen LogP) is 3.39. The zero-order valence-corrected chi connectivity index (χ0v) is 17.1. The molecule has 0 unspecified atom stereocenters. The van der Waals surface area contributed by atoms with Crippen LogP contribution in [0.3, 0.4) is 0 Å². The molecule has 150 valence electrons. The van der Waals surface area contributed by atoms with Gasteiger partial charge in [0.15, 0.2) is 0 Å². The molecule has 1 atom stereocenters. The first-order valence-electron chi connectivity index (χ1n) is 10.1. The van der Waals surface area contributed by atoms with Crippen molar-refractivity contribution in [2.75, 3.05) is 26.2 Å². The fourth-order valence-electron chi connectivity index (χ4n) is 3.95. The van der Waals surface area contributed by atoms with Crippen LogP contribution in [0.25, 0.3) is 0 Å². The Morgan fingerprint density at radius 1 is 1.15 bits per heavy atom. The third kappa shape index (κ3) is 6.06. The van der Waals surface area contributed by atoms with Gasteiger partial charge in [0.05, 0.1) is 12.5 Å². The van der Waals surface area contributed by atoms with Gasteiger partial charge in [0.1, 0.15) is 0 Å². The Hall–Kier alpha value is -1.88. The van der Waals surface area contributed by atoms with Crippen LogP contribution < -0.4 is 0 Å². The van der Waals surface area contributed by atoms with E-state index >= 15 is 0 Å². The quantitative estimate of drug-likeness (QED) is 0.758. The lowest BCUT2D eigenvalue weighted by Gasteiger charge is -2.38. The molecule has 0 saturated carbocycles. The van der Waals surface area contributed by atoms with Crippen LogP contribution in [0.5, 0.6) is 0 Å². The van der Waals surface area contributed by atoms with Crippen LogP contribution in [-0.4, -0.2) is 59.0 Å². The van der Waals surface area contributed by atoms with Gasteiger partial charge in [-0.15, -0.1) is 0 Å². The minimum absolute atomic E-state index is 0.0776. The Kier molecular flexibility index (Phi) is 7.84. The van der Waals surface area contributed by atoms with Crippen molar-refractivity contribution in [2.24, 2.45) is 5.92 Å². The number of likely N-dealkylation sites (tertiary alicyclic amines) is 1. The lowest BCUT2D eigenvalue weighted by molar-refractivity contribution is -0.140. The Morgan fingerprint density at radius 2 is 1.74 bits per heavy atom. The van der Waals surface area contributed by atoms with Crippen molar-refractivity contribution >= 4 is 11.9 Å². The van der Waals surface area contributed by atoms with Gasteiger partial charge in [-0.1, -0.05) is 45.0 Å². The number of carboxylic acid groups (broad SMARTS) is 1. The highest BCUT2D eigenvalue weighted by molar-refractivity contribution is 5.83. The van der Waals surface area contributed by atoms with E-state index in [1.54, 1.807) is 0 Å². The Morgan fingerprint density at radius 3 is 2.22 bits per heavy atom. The van der Waals surface area contributed by atoms with Gasteiger partial charge in [0.25, 0.3) is 0 Å². The maximum absolute atomic E-state index is 12.9. The van der Waals surface area contributed by atoms with Gasteiger partial charge < -0.3 is 10.0 Å². The second kappa shape index (κ2) is 9.88. The van der Waals surface area contributed by atoms with Crippen molar-refractivity contribution in [1.82, 2.24) is 9.80 Å². The highest BCUT2D eigenvalue weighted by Crippen LogP contribution is 2.23. The molecule has 1 amide bonds. The number of amides is 1. The number of rotatable bonds is 8. The molecule has 1 aliphatic rings. The average molecular weight is 375 g/mol. The summed E-state index contributed by atoms with van der Waals surface area (Å²) in [5.74, 6) is -0.132. The van der Waals surface area contributed by atoms with Crippen LogP contribution in [-0.2, 0) is 16.0 Å². The summed E-state index contributed by atoms with van der Waals surface area (Å²) in [5.41, 5.74) is 2.38. The largest absolute Gasteiger partial charge is 0.480 e. The van der Waals surface area contributed by atoms with E-state index in [9.17, 15) is 9.59 Å². The summed E-state index contributed by atoms with van der Waals surface area (Å²) < 4.78 is 0. The monoisotopic (exact) mass is 374 g/mol. The number of hydrogen-bond donors (Lipinski definition) is 1. The SMILES string of the molecule is CCN(CC(=O)O)C1CCN(C(=O)[C@@H](C)c2ccc(CC(C)C)cc2)CC1. The number of carboxylic acids is 1. The number of aliphatic carboxylic acids is 1. The van der Waals surface area contributed by atoms with Gasteiger partial charge in [-0.3, -0.25) is 14.5 Å². The number of nitrogens with zero attached hydrogens (tertiary/aromatic N) is 2. The van der Waals surface area contributed by atoms with Gasteiger partial charge in [0, 0.05) is 19.1 Å². The van der Waals surface area contributed by atoms with Gasteiger partial charge in [0.2, 0.25) is 5.91 Å². The zero-order valence-electron chi connectivity index (χ0n) is 17.1.